The topological polar surface area (TPSA) is 141 Å². The van der Waals surface area contributed by atoms with E-state index in [1.807, 2.05) is 66.7 Å². The highest BCUT2D eigenvalue weighted by atomic mass is 79.9. The molecular weight excluding hydrogens is 1480 g/mol. The first-order chi connectivity index (χ1) is 51.3. The van der Waals surface area contributed by atoms with E-state index in [4.69, 9.17) is 18.9 Å². The minimum Gasteiger partial charge on any atom is -0.496 e. The minimum absolute atomic E-state index is 0.0322. The van der Waals surface area contributed by atoms with Gasteiger partial charge >= 0.3 is 6.18 Å². The summed E-state index contributed by atoms with van der Waals surface area (Å²) in [5.41, 5.74) is 18.0. The SMILES string of the molecule is CC1CCNCC1.COc1cc2c(cc1Br)C/C(=C\c1cccc(C)c1)C2=O.COc1cc2c(cc1Br)CCC2=O.COc1cc2c(cc1N1CCC(C)CC1)C/C(=C\c1cccc(C)c1)C2=O.COc1cc2c(cc1N1CCC(C)CC1)CC(Cc1cccc(C)c1)C2=O.O=Cc1cccc(C(F)(F)F)c1. The molecule has 0 spiro atoms. The van der Waals surface area contributed by atoms with Crippen molar-refractivity contribution in [3.05, 3.63) is 255 Å². The Morgan fingerprint density at radius 2 is 0.925 bits per heavy atom. The van der Waals surface area contributed by atoms with Crippen molar-refractivity contribution >= 4 is 84.8 Å². The highest BCUT2D eigenvalue weighted by Gasteiger charge is 2.35. The molecular formula is C90H98Br2F3N3O9. The molecule has 0 amide bonds. The van der Waals surface area contributed by atoms with E-state index in [0.717, 1.165) is 174 Å². The van der Waals surface area contributed by atoms with E-state index in [-0.39, 0.29) is 34.6 Å². The number of anilines is 2. The van der Waals surface area contributed by atoms with Crippen LogP contribution in [0.15, 0.2) is 166 Å². The number of fused-ring (bicyclic) bond motifs is 4. The molecule has 12 nitrogen and oxygen atoms in total. The van der Waals surface area contributed by atoms with Crippen molar-refractivity contribution in [2.75, 3.05) is 77.5 Å². The predicted octanol–water partition coefficient (Wildman–Crippen LogP) is 20.6. The lowest BCUT2D eigenvalue weighted by Crippen LogP contribution is -2.33. The maximum Gasteiger partial charge on any atom is 0.416 e. The fraction of sp³-hybridized carbons (Fsp3) is 0.367. The van der Waals surface area contributed by atoms with Crippen molar-refractivity contribution in [2.24, 2.45) is 23.7 Å². The van der Waals surface area contributed by atoms with Crippen LogP contribution in [0.3, 0.4) is 0 Å². The fourth-order valence-corrected chi connectivity index (χ4v) is 15.8. The van der Waals surface area contributed by atoms with Gasteiger partial charge in [0.25, 0.3) is 0 Å². The molecule has 8 aromatic rings. The number of ether oxygens (including phenoxy) is 4. The Bertz CT molecular complexity index is 4600. The monoisotopic (exact) mass is 1580 g/mol. The van der Waals surface area contributed by atoms with E-state index in [1.165, 1.54) is 91.6 Å². The van der Waals surface area contributed by atoms with E-state index in [1.54, 1.807) is 28.4 Å². The number of nitrogens with one attached hydrogen (secondary N) is 1. The Morgan fingerprint density at radius 3 is 1.40 bits per heavy atom. The summed E-state index contributed by atoms with van der Waals surface area (Å²) in [4.78, 5) is 64.8. The van der Waals surface area contributed by atoms with Gasteiger partial charge < -0.3 is 34.1 Å². The van der Waals surface area contributed by atoms with Crippen LogP contribution in [0.25, 0.3) is 12.2 Å². The molecule has 1 atom stereocenters. The summed E-state index contributed by atoms with van der Waals surface area (Å²) in [5, 5.41) is 3.32. The summed E-state index contributed by atoms with van der Waals surface area (Å²) >= 11 is 6.86. The third kappa shape index (κ3) is 21.1. The lowest BCUT2D eigenvalue weighted by molar-refractivity contribution is -0.137. The molecule has 0 saturated carbocycles. The summed E-state index contributed by atoms with van der Waals surface area (Å²) in [6, 6.07) is 45.1. The lowest BCUT2D eigenvalue weighted by atomic mass is 9.95. The number of hydrogen-bond acceptors (Lipinski definition) is 12. The smallest absolute Gasteiger partial charge is 0.416 e. The van der Waals surface area contributed by atoms with Gasteiger partial charge in [0, 0.05) is 90.3 Å². The fourth-order valence-electron chi connectivity index (χ4n) is 14.7. The highest BCUT2D eigenvalue weighted by Crippen LogP contribution is 2.43. The van der Waals surface area contributed by atoms with Crippen LogP contribution in [0, 0.1) is 44.4 Å². The zero-order valence-corrected chi connectivity index (χ0v) is 66.3. The number of alkyl halides is 3. The van der Waals surface area contributed by atoms with Crippen LogP contribution < -0.4 is 34.1 Å². The number of benzene rings is 8. The zero-order valence-electron chi connectivity index (χ0n) is 63.1. The summed E-state index contributed by atoms with van der Waals surface area (Å²) in [6.45, 7) is 19.9. The molecule has 3 fully saturated rings. The van der Waals surface area contributed by atoms with Crippen LogP contribution in [-0.4, -0.2) is 97.1 Å². The molecule has 1 unspecified atom stereocenters. The Kier molecular flexibility index (Phi) is 28.1. The molecule has 7 aliphatic rings. The molecule has 17 heteroatoms. The summed E-state index contributed by atoms with van der Waals surface area (Å²) in [7, 11) is 6.61. The molecule has 0 bridgehead atoms. The molecule has 3 heterocycles. The number of aryl methyl sites for hydroxylation is 4. The number of halogens is 5. The van der Waals surface area contributed by atoms with Crippen molar-refractivity contribution in [3.63, 3.8) is 0 Å². The number of ketones is 4. The number of carbonyl (C=O) groups excluding carboxylic acids is 5. The number of Topliss-reactive ketones (excluding diaryl/α,β-unsaturated/α-hetero) is 4. The first kappa shape index (κ1) is 80.6. The van der Waals surface area contributed by atoms with Gasteiger partial charge in [-0.1, -0.05) is 122 Å². The van der Waals surface area contributed by atoms with E-state index < -0.39 is 11.7 Å². The van der Waals surface area contributed by atoms with Gasteiger partial charge in [-0.15, -0.1) is 0 Å². The molecule has 3 saturated heterocycles. The van der Waals surface area contributed by atoms with Crippen LogP contribution in [0.1, 0.15) is 179 Å². The van der Waals surface area contributed by atoms with Crippen LogP contribution >= 0.6 is 31.9 Å². The van der Waals surface area contributed by atoms with Crippen molar-refractivity contribution < 1.29 is 56.1 Å². The van der Waals surface area contributed by atoms with Crippen molar-refractivity contribution in [2.45, 2.75) is 125 Å². The number of carbonyl (C=O) groups is 5. The average molecular weight is 1580 g/mol. The van der Waals surface area contributed by atoms with E-state index >= 15 is 0 Å². The standard InChI is InChI=1S/C24H29NO2.C24H27NO2.C18H15BrO2.C10H9BrO2.C8H5F3O.C6H13N/c2*1-16-7-9-25(10-8-16)22-14-19-13-20(12-18-6-4-5-17(2)11-18)24(26)21(19)15-23(22)27-3;1-11-4-3-5-12(6-11)7-14-8-13-9-16(19)17(21-2)10-15(13)18(14)20;1-13-10-5-7-6(4-8(10)11)2-3-9(7)12;9-8(10,11)7-3-1-2-6(4-7)5-12;1-6-2-4-7-5-3-6/h4-6,11,14-16,20H,7-10,12-13H2,1-3H3;4-6,11-12,14-16H,7-10,13H2,1-3H3;3-7,9-10H,8H2,1-2H3;4-5H,2-3H2,1H3;1-5H;6-7H,2-5H2,1H3/b;20-12+;14-7+;;;. The molecule has 107 heavy (non-hydrogen) atoms. The molecule has 8 aromatic carbocycles. The summed E-state index contributed by atoms with van der Waals surface area (Å²) < 4.78 is 59.5. The second-order valence-corrected chi connectivity index (χ2v) is 30.9. The number of aldehydes is 1. The van der Waals surface area contributed by atoms with Gasteiger partial charge in [-0.05, 0) is 253 Å². The van der Waals surface area contributed by atoms with Crippen LogP contribution in [-0.2, 0) is 38.3 Å². The van der Waals surface area contributed by atoms with Crippen molar-refractivity contribution in [3.8, 4) is 23.0 Å². The number of rotatable bonds is 11. The molecule has 1 N–H and O–H groups in total. The van der Waals surface area contributed by atoms with Gasteiger partial charge in [-0.25, -0.2) is 0 Å². The van der Waals surface area contributed by atoms with Gasteiger partial charge in [-0.3, -0.25) is 24.0 Å². The van der Waals surface area contributed by atoms with Gasteiger partial charge in [0.1, 0.15) is 29.3 Å². The lowest BCUT2D eigenvalue weighted by Gasteiger charge is -2.33. The Morgan fingerprint density at radius 1 is 0.486 bits per heavy atom. The molecule has 0 radical (unpaired) electrons. The van der Waals surface area contributed by atoms with Crippen LogP contribution in [0.5, 0.6) is 23.0 Å². The van der Waals surface area contributed by atoms with Crippen molar-refractivity contribution in [1.29, 1.82) is 0 Å². The molecule has 15 rings (SSSR count). The van der Waals surface area contributed by atoms with Gasteiger partial charge in [0.15, 0.2) is 23.1 Å². The zero-order chi connectivity index (χ0) is 76.6. The maximum absolute atomic E-state index is 13.0. The van der Waals surface area contributed by atoms with Gasteiger partial charge in [0.2, 0.25) is 0 Å². The quantitative estimate of drug-likeness (QED) is 0.0973. The average Bonchev–Trinajstić information content (AvgIpc) is 0.918. The van der Waals surface area contributed by atoms with Crippen molar-refractivity contribution in [1.82, 2.24) is 5.32 Å². The van der Waals surface area contributed by atoms with E-state index in [9.17, 15) is 37.1 Å². The summed E-state index contributed by atoms with van der Waals surface area (Å²) in [5.74, 6) is 6.39. The van der Waals surface area contributed by atoms with E-state index in [2.05, 4.69) is 155 Å². The van der Waals surface area contributed by atoms with Gasteiger partial charge in [0.05, 0.1) is 54.3 Å². The first-order valence-electron chi connectivity index (χ1n) is 37.1. The largest absolute Gasteiger partial charge is 0.496 e. The van der Waals surface area contributed by atoms with E-state index in [0.29, 0.717) is 31.3 Å². The number of methoxy groups -OCH3 is 4. The van der Waals surface area contributed by atoms with Crippen LogP contribution in [0.2, 0.25) is 0 Å². The maximum atomic E-state index is 13.0. The Hall–Kier alpha value is -8.90. The Balaban J connectivity index is 0.000000144. The number of piperidine rings is 3. The second kappa shape index (κ2) is 37.3. The minimum atomic E-state index is -4.38. The molecule has 4 aliphatic carbocycles. The summed E-state index contributed by atoms with van der Waals surface area (Å²) in [6.07, 6.45) is 12.1. The van der Waals surface area contributed by atoms with Crippen LogP contribution in [0.4, 0.5) is 24.5 Å². The highest BCUT2D eigenvalue weighted by molar-refractivity contribution is 9.11. The first-order valence-corrected chi connectivity index (χ1v) is 38.7. The molecule has 562 valence electrons. The normalized spacial score (nSPS) is 17.5. The molecule has 0 aromatic heterocycles. The number of hydrogen-bond donors (Lipinski definition) is 1. The van der Waals surface area contributed by atoms with Gasteiger partial charge in [-0.2, -0.15) is 13.2 Å². The second-order valence-electron chi connectivity index (χ2n) is 29.2. The number of allylic oxidation sites excluding steroid dienone is 2. The number of nitrogens with zero attached hydrogens (tertiary/aromatic N) is 2. The third-order valence-corrected chi connectivity index (χ3v) is 22.2. The third-order valence-electron chi connectivity index (χ3n) is 21.0. The Labute approximate surface area is 645 Å². The predicted molar refractivity (Wildman–Crippen MR) is 430 cm³/mol. The molecule has 3 aliphatic heterocycles.